The molecule has 14 heavy (non-hydrogen) atoms. The quantitative estimate of drug-likeness (QED) is 0.634. The van der Waals surface area contributed by atoms with Crippen LogP contribution in [0, 0.1) is 5.92 Å². The lowest BCUT2D eigenvalue weighted by Gasteiger charge is -2.28. The molecular weight excluding hydrogens is 192 g/mol. The van der Waals surface area contributed by atoms with Gasteiger partial charge in [0.25, 0.3) is 0 Å². The molecule has 0 heterocycles. The Kier molecular flexibility index (Phi) is 5.13. The third-order valence-electron chi connectivity index (χ3n) is 3.03. The zero-order valence-electron chi connectivity index (χ0n) is 9.84. The first-order valence-electron chi connectivity index (χ1n) is 5.98. The smallest absolute Gasteiger partial charge is 0.335 e. The maximum absolute atomic E-state index is 5.85. The Bertz CT molecular complexity index is 149. The largest absolute Gasteiger partial charge is 0.395 e. The average molecular weight is 216 g/mol. The van der Waals surface area contributed by atoms with Crippen LogP contribution in [0.5, 0.6) is 0 Å². The van der Waals surface area contributed by atoms with Crippen LogP contribution >= 0.6 is 0 Å². The molecule has 1 fully saturated rings. The van der Waals surface area contributed by atoms with E-state index >= 15 is 0 Å². The molecule has 0 aliphatic heterocycles. The summed E-state index contributed by atoms with van der Waals surface area (Å²) in [5.74, 6) is 0.879. The molecule has 1 aliphatic carbocycles. The van der Waals surface area contributed by atoms with Gasteiger partial charge in [-0.25, -0.2) is 0 Å². The van der Waals surface area contributed by atoms with E-state index < -0.39 is 8.56 Å². The maximum Gasteiger partial charge on any atom is 0.335 e. The highest BCUT2D eigenvalue weighted by molar-refractivity contribution is 6.66. The summed E-state index contributed by atoms with van der Waals surface area (Å²) < 4.78 is 11.7. The minimum atomic E-state index is -1.81. The molecule has 0 bridgehead atoms. The average Bonchev–Trinajstić information content (AvgIpc) is 2.57. The highest BCUT2D eigenvalue weighted by atomic mass is 28.4. The van der Waals surface area contributed by atoms with Gasteiger partial charge in [0.1, 0.15) is 0 Å². The van der Waals surface area contributed by atoms with Gasteiger partial charge in [0.15, 0.2) is 0 Å². The second-order valence-corrected chi connectivity index (χ2v) is 7.61. The Hall–Kier alpha value is 0.137. The summed E-state index contributed by atoms with van der Waals surface area (Å²) in [6, 6.07) is 1.20. The van der Waals surface area contributed by atoms with Crippen molar-refractivity contribution >= 4 is 8.56 Å². The van der Waals surface area contributed by atoms with Crippen molar-refractivity contribution in [1.82, 2.24) is 0 Å². The lowest BCUT2D eigenvalue weighted by atomic mass is 10.1. The van der Waals surface area contributed by atoms with Crippen molar-refractivity contribution in [2.45, 2.75) is 52.1 Å². The van der Waals surface area contributed by atoms with Crippen LogP contribution in [0.15, 0.2) is 0 Å². The van der Waals surface area contributed by atoms with Gasteiger partial charge >= 0.3 is 8.56 Å². The highest BCUT2D eigenvalue weighted by Gasteiger charge is 2.34. The molecule has 0 atom stereocenters. The predicted molar refractivity (Wildman–Crippen MR) is 61.6 cm³/mol. The SMILES string of the molecule is CCO[Si](C)(CC1CCCC1)OCC. The second kappa shape index (κ2) is 5.88. The van der Waals surface area contributed by atoms with Gasteiger partial charge < -0.3 is 8.85 Å². The number of hydrogen-bond donors (Lipinski definition) is 0. The van der Waals surface area contributed by atoms with Crippen molar-refractivity contribution in [3.05, 3.63) is 0 Å². The van der Waals surface area contributed by atoms with Gasteiger partial charge in [0.05, 0.1) is 0 Å². The minimum absolute atomic E-state index is 0.801. The van der Waals surface area contributed by atoms with Crippen molar-refractivity contribution in [1.29, 1.82) is 0 Å². The normalized spacial score (nSPS) is 19.1. The van der Waals surface area contributed by atoms with Gasteiger partial charge in [-0.2, -0.15) is 0 Å². The van der Waals surface area contributed by atoms with Crippen molar-refractivity contribution in [3.63, 3.8) is 0 Å². The lowest BCUT2D eigenvalue weighted by molar-refractivity contribution is 0.183. The van der Waals surface area contributed by atoms with Crippen LogP contribution in [0.2, 0.25) is 12.6 Å². The molecule has 84 valence electrons. The molecule has 0 unspecified atom stereocenters. The summed E-state index contributed by atoms with van der Waals surface area (Å²) in [6.07, 6.45) is 5.60. The van der Waals surface area contributed by atoms with Crippen LogP contribution in [0.25, 0.3) is 0 Å². The summed E-state index contributed by atoms with van der Waals surface area (Å²) in [5, 5.41) is 0. The van der Waals surface area contributed by atoms with Crippen molar-refractivity contribution in [2.75, 3.05) is 13.2 Å². The third-order valence-corrected chi connectivity index (χ3v) is 6.15. The molecule has 0 aromatic heterocycles. The lowest BCUT2D eigenvalue weighted by Crippen LogP contribution is -2.40. The van der Waals surface area contributed by atoms with Gasteiger partial charge in [-0.05, 0) is 32.4 Å². The summed E-state index contributed by atoms with van der Waals surface area (Å²) in [5.41, 5.74) is 0. The van der Waals surface area contributed by atoms with Crippen LogP contribution < -0.4 is 0 Å². The first-order chi connectivity index (χ1) is 6.70. The number of hydrogen-bond acceptors (Lipinski definition) is 2. The van der Waals surface area contributed by atoms with Crippen LogP contribution in [0.4, 0.5) is 0 Å². The van der Waals surface area contributed by atoms with Crippen molar-refractivity contribution < 1.29 is 8.85 Å². The van der Waals surface area contributed by atoms with Gasteiger partial charge in [0, 0.05) is 13.2 Å². The van der Waals surface area contributed by atoms with E-state index in [1.165, 1.54) is 31.7 Å². The maximum atomic E-state index is 5.85. The molecule has 0 radical (unpaired) electrons. The fourth-order valence-electron chi connectivity index (χ4n) is 2.51. The van der Waals surface area contributed by atoms with Gasteiger partial charge in [-0.3, -0.25) is 0 Å². The Morgan fingerprint density at radius 2 is 1.57 bits per heavy atom. The zero-order chi connectivity index (χ0) is 10.4. The third kappa shape index (κ3) is 3.71. The topological polar surface area (TPSA) is 18.5 Å². The monoisotopic (exact) mass is 216 g/mol. The van der Waals surface area contributed by atoms with E-state index in [1.807, 2.05) is 0 Å². The summed E-state index contributed by atoms with van der Waals surface area (Å²) in [7, 11) is -1.81. The number of rotatable bonds is 6. The fourth-order valence-corrected chi connectivity index (χ4v) is 5.51. The Balaban J connectivity index is 2.39. The zero-order valence-corrected chi connectivity index (χ0v) is 10.8. The minimum Gasteiger partial charge on any atom is -0.395 e. The van der Waals surface area contributed by atoms with Crippen LogP contribution in [-0.4, -0.2) is 21.8 Å². The summed E-state index contributed by atoms with van der Waals surface area (Å²) in [6.45, 7) is 7.96. The van der Waals surface area contributed by atoms with E-state index in [0.29, 0.717) is 0 Å². The molecule has 1 aliphatic rings. The van der Waals surface area contributed by atoms with Crippen LogP contribution in [0.3, 0.4) is 0 Å². The van der Waals surface area contributed by atoms with Crippen molar-refractivity contribution in [2.24, 2.45) is 5.92 Å². The highest BCUT2D eigenvalue weighted by Crippen LogP contribution is 2.32. The molecule has 0 saturated heterocycles. The molecular formula is C11H24O2Si. The van der Waals surface area contributed by atoms with Gasteiger partial charge in [-0.15, -0.1) is 0 Å². The fraction of sp³-hybridized carbons (Fsp3) is 1.00. The van der Waals surface area contributed by atoms with E-state index in [4.69, 9.17) is 8.85 Å². The van der Waals surface area contributed by atoms with E-state index in [2.05, 4.69) is 20.4 Å². The first kappa shape index (κ1) is 12.2. The van der Waals surface area contributed by atoms with Crippen LogP contribution in [-0.2, 0) is 8.85 Å². The first-order valence-corrected chi connectivity index (χ1v) is 8.50. The molecule has 2 nitrogen and oxygen atoms in total. The second-order valence-electron chi connectivity index (χ2n) is 4.35. The van der Waals surface area contributed by atoms with Gasteiger partial charge in [-0.1, -0.05) is 25.7 Å². The molecule has 0 aromatic rings. The molecule has 0 N–H and O–H groups in total. The molecule has 0 spiro atoms. The molecule has 0 aromatic carbocycles. The van der Waals surface area contributed by atoms with Crippen molar-refractivity contribution in [3.8, 4) is 0 Å². The van der Waals surface area contributed by atoms with E-state index in [1.54, 1.807) is 0 Å². The van der Waals surface area contributed by atoms with Gasteiger partial charge in [0.2, 0.25) is 0 Å². The molecule has 1 saturated carbocycles. The van der Waals surface area contributed by atoms with Crippen LogP contribution in [0.1, 0.15) is 39.5 Å². The Morgan fingerprint density at radius 1 is 1.07 bits per heavy atom. The van der Waals surface area contributed by atoms with E-state index in [9.17, 15) is 0 Å². The predicted octanol–water partition coefficient (Wildman–Crippen LogP) is 3.32. The molecule has 1 rings (SSSR count). The van der Waals surface area contributed by atoms with E-state index in [-0.39, 0.29) is 0 Å². The standard InChI is InChI=1S/C11H24O2Si/c1-4-12-14(3,13-5-2)10-11-8-6-7-9-11/h11H,4-10H2,1-3H3. The molecule has 3 heteroatoms. The Labute approximate surface area is 89.2 Å². The summed E-state index contributed by atoms with van der Waals surface area (Å²) >= 11 is 0. The summed E-state index contributed by atoms with van der Waals surface area (Å²) in [4.78, 5) is 0. The Morgan fingerprint density at radius 3 is 2.00 bits per heavy atom. The van der Waals surface area contributed by atoms with E-state index in [0.717, 1.165) is 19.1 Å². The molecule has 0 amide bonds.